The Bertz CT molecular complexity index is 412. The van der Waals surface area contributed by atoms with Gasteiger partial charge < -0.3 is 10.8 Å². The van der Waals surface area contributed by atoms with Gasteiger partial charge in [-0.15, -0.1) is 0 Å². The van der Waals surface area contributed by atoms with Crippen LogP contribution in [0.1, 0.15) is 19.8 Å². The molecule has 1 heterocycles. The number of thioether (sulfide) groups is 1. The first kappa shape index (κ1) is 16.7. The SMILES string of the molecule is CCSCCC(N)C(O)C(=O)NNC(=O)C1=NC=CC1. The summed E-state index contributed by atoms with van der Waals surface area (Å²) in [5.74, 6) is 0.516. The Morgan fingerprint density at radius 1 is 1.55 bits per heavy atom. The first-order valence-electron chi connectivity index (χ1n) is 6.39. The highest BCUT2D eigenvalue weighted by atomic mass is 32.2. The average molecular weight is 300 g/mol. The third-order valence-corrected chi connectivity index (χ3v) is 3.61. The summed E-state index contributed by atoms with van der Waals surface area (Å²) in [6, 6.07) is -0.656. The van der Waals surface area contributed by atoms with Crippen molar-refractivity contribution in [1.29, 1.82) is 0 Å². The smallest absolute Gasteiger partial charge is 0.284 e. The van der Waals surface area contributed by atoms with E-state index in [-0.39, 0.29) is 0 Å². The number of hydrogen-bond acceptors (Lipinski definition) is 6. The molecule has 20 heavy (non-hydrogen) atoms. The van der Waals surface area contributed by atoms with Gasteiger partial charge in [-0.2, -0.15) is 11.8 Å². The third-order valence-electron chi connectivity index (χ3n) is 2.68. The van der Waals surface area contributed by atoms with Crippen molar-refractivity contribution in [2.45, 2.75) is 31.9 Å². The number of nitrogens with two attached hydrogens (primary N) is 1. The van der Waals surface area contributed by atoms with Crippen LogP contribution in [0.5, 0.6) is 0 Å². The predicted molar refractivity (Wildman–Crippen MR) is 79.1 cm³/mol. The van der Waals surface area contributed by atoms with E-state index in [1.165, 1.54) is 6.20 Å². The lowest BCUT2D eigenvalue weighted by molar-refractivity contribution is -0.133. The molecule has 0 saturated heterocycles. The van der Waals surface area contributed by atoms with Crippen molar-refractivity contribution in [3.8, 4) is 0 Å². The fourth-order valence-electron chi connectivity index (χ4n) is 1.49. The first-order valence-corrected chi connectivity index (χ1v) is 7.55. The minimum absolute atomic E-state index is 0.309. The van der Waals surface area contributed by atoms with Gasteiger partial charge in [-0.05, 0) is 17.9 Å². The number of nitrogens with one attached hydrogen (secondary N) is 2. The van der Waals surface area contributed by atoms with Crippen molar-refractivity contribution in [3.63, 3.8) is 0 Å². The van der Waals surface area contributed by atoms with E-state index in [1.807, 2.05) is 6.92 Å². The Morgan fingerprint density at radius 3 is 2.90 bits per heavy atom. The monoisotopic (exact) mass is 300 g/mol. The van der Waals surface area contributed by atoms with E-state index in [1.54, 1.807) is 17.8 Å². The van der Waals surface area contributed by atoms with Gasteiger partial charge in [0.05, 0.1) is 0 Å². The maximum atomic E-state index is 11.6. The van der Waals surface area contributed by atoms with Gasteiger partial charge in [-0.3, -0.25) is 25.4 Å². The molecule has 0 bridgehead atoms. The molecule has 5 N–H and O–H groups in total. The van der Waals surface area contributed by atoms with Gasteiger partial charge in [0, 0.05) is 18.7 Å². The molecule has 8 heteroatoms. The lowest BCUT2D eigenvalue weighted by Crippen LogP contribution is -2.53. The Morgan fingerprint density at radius 2 is 2.30 bits per heavy atom. The molecule has 1 aliphatic rings. The summed E-state index contributed by atoms with van der Waals surface area (Å²) in [7, 11) is 0. The van der Waals surface area contributed by atoms with Gasteiger partial charge in [-0.1, -0.05) is 13.0 Å². The number of rotatable bonds is 7. The Hall–Kier alpha value is -1.38. The molecule has 0 spiro atoms. The second-order valence-corrected chi connectivity index (χ2v) is 5.60. The van der Waals surface area contributed by atoms with Crippen LogP contribution >= 0.6 is 11.8 Å². The van der Waals surface area contributed by atoms with E-state index < -0.39 is 24.0 Å². The van der Waals surface area contributed by atoms with Crippen LogP contribution in [0.25, 0.3) is 0 Å². The predicted octanol–water partition coefficient (Wildman–Crippen LogP) is -0.676. The van der Waals surface area contributed by atoms with E-state index in [4.69, 9.17) is 5.73 Å². The minimum atomic E-state index is -1.35. The largest absolute Gasteiger partial charge is 0.382 e. The number of allylic oxidation sites excluding steroid dienone is 1. The molecular formula is C12H20N4O3S. The molecule has 7 nitrogen and oxygen atoms in total. The van der Waals surface area contributed by atoms with E-state index in [9.17, 15) is 14.7 Å². The minimum Gasteiger partial charge on any atom is -0.382 e. The fourth-order valence-corrected chi connectivity index (χ4v) is 2.22. The zero-order chi connectivity index (χ0) is 15.0. The molecule has 0 aromatic heterocycles. The van der Waals surface area contributed by atoms with Crippen LogP contribution in [-0.4, -0.2) is 46.3 Å². The van der Waals surface area contributed by atoms with Crippen molar-refractivity contribution in [1.82, 2.24) is 10.9 Å². The highest BCUT2D eigenvalue weighted by Gasteiger charge is 2.23. The number of carbonyl (C=O) groups is 2. The van der Waals surface area contributed by atoms with Crippen LogP contribution < -0.4 is 16.6 Å². The maximum absolute atomic E-state index is 11.6. The topological polar surface area (TPSA) is 117 Å². The second-order valence-electron chi connectivity index (χ2n) is 4.20. The molecule has 112 valence electrons. The molecule has 2 atom stereocenters. The molecule has 0 saturated carbocycles. The van der Waals surface area contributed by atoms with Crippen molar-refractivity contribution in [2.75, 3.05) is 11.5 Å². The van der Waals surface area contributed by atoms with Gasteiger partial charge in [-0.25, -0.2) is 0 Å². The zero-order valence-corrected chi connectivity index (χ0v) is 12.2. The summed E-state index contributed by atoms with van der Waals surface area (Å²) in [6.07, 6.45) is 2.85. The number of amides is 2. The van der Waals surface area contributed by atoms with Crippen LogP contribution in [0.15, 0.2) is 17.3 Å². The Balaban J connectivity index is 2.28. The van der Waals surface area contributed by atoms with Crippen LogP contribution in [0.4, 0.5) is 0 Å². The second kappa shape index (κ2) is 8.72. The van der Waals surface area contributed by atoms with Gasteiger partial charge in [0.2, 0.25) is 0 Å². The van der Waals surface area contributed by atoms with Crippen LogP contribution in [0.3, 0.4) is 0 Å². The summed E-state index contributed by atoms with van der Waals surface area (Å²) < 4.78 is 0. The average Bonchev–Trinajstić information content (AvgIpc) is 2.97. The summed E-state index contributed by atoms with van der Waals surface area (Å²) in [4.78, 5) is 27.0. The van der Waals surface area contributed by atoms with E-state index in [0.29, 0.717) is 18.6 Å². The number of hydrazine groups is 1. The number of aliphatic hydroxyl groups is 1. The molecule has 2 amide bonds. The zero-order valence-electron chi connectivity index (χ0n) is 11.3. The molecule has 0 aromatic rings. The number of hydrogen-bond donors (Lipinski definition) is 4. The normalized spacial score (nSPS) is 16.4. The van der Waals surface area contributed by atoms with Crippen molar-refractivity contribution < 1.29 is 14.7 Å². The molecule has 0 aliphatic carbocycles. The summed E-state index contributed by atoms with van der Waals surface area (Å²) in [5.41, 5.74) is 10.4. The lowest BCUT2D eigenvalue weighted by Gasteiger charge is -2.18. The number of aliphatic hydroxyl groups excluding tert-OH is 1. The maximum Gasteiger partial charge on any atom is 0.284 e. The lowest BCUT2D eigenvalue weighted by atomic mass is 10.1. The standard InChI is InChI=1S/C12H20N4O3S/c1-2-20-7-5-8(13)10(17)12(19)16-15-11(18)9-4-3-6-14-9/h3,6,8,10,17H,2,4-5,7,13H2,1H3,(H,15,18)(H,16,19). The number of carbonyl (C=O) groups excluding carboxylic acids is 2. The van der Waals surface area contributed by atoms with E-state index >= 15 is 0 Å². The first-order chi connectivity index (χ1) is 9.56. The van der Waals surface area contributed by atoms with E-state index in [2.05, 4.69) is 15.8 Å². The van der Waals surface area contributed by atoms with Crippen molar-refractivity contribution in [3.05, 3.63) is 12.3 Å². The van der Waals surface area contributed by atoms with Gasteiger partial charge in [0.15, 0.2) is 0 Å². The fraction of sp³-hybridized carbons (Fsp3) is 0.583. The molecular weight excluding hydrogens is 280 g/mol. The summed E-state index contributed by atoms with van der Waals surface area (Å²) in [5, 5.41) is 9.72. The highest BCUT2D eigenvalue weighted by Crippen LogP contribution is 2.05. The molecule has 2 unspecified atom stereocenters. The van der Waals surface area contributed by atoms with Crippen LogP contribution in [0.2, 0.25) is 0 Å². The van der Waals surface area contributed by atoms with Gasteiger partial charge in [0.25, 0.3) is 11.8 Å². The number of aliphatic imine (C=N–C) groups is 1. The third kappa shape index (κ3) is 5.32. The van der Waals surface area contributed by atoms with E-state index in [0.717, 1.165) is 11.5 Å². The van der Waals surface area contributed by atoms with Crippen molar-refractivity contribution in [2.24, 2.45) is 10.7 Å². The quantitative estimate of drug-likeness (QED) is 0.367. The Labute approximate surface area is 122 Å². The van der Waals surface area contributed by atoms with Gasteiger partial charge in [0.1, 0.15) is 11.8 Å². The molecule has 1 aliphatic heterocycles. The van der Waals surface area contributed by atoms with Gasteiger partial charge >= 0.3 is 0 Å². The van der Waals surface area contributed by atoms with Crippen LogP contribution in [-0.2, 0) is 9.59 Å². The molecule has 1 rings (SSSR count). The molecule has 0 aromatic carbocycles. The summed E-state index contributed by atoms with van der Waals surface area (Å²) >= 11 is 1.69. The Kier molecular flexibility index (Phi) is 7.27. The number of nitrogens with zero attached hydrogens (tertiary/aromatic N) is 1. The highest BCUT2D eigenvalue weighted by molar-refractivity contribution is 7.99. The van der Waals surface area contributed by atoms with Crippen molar-refractivity contribution >= 4 is 29.3 Å². The van der Waals surface area contributed by atoms with Crippen LogP contribution in [0, 0.1) is 0 Å². The molecule has 0 radical (unpaired) electrons. The molecule has 0 fully saturated rings. The summed E-state index contributed by atoms with van der Waals surface area (Å²) in [6.45, 7) is 2.02.